The Balaban J connectivity index is 2.79. The van der Waals surface area contributed by atoms with Crippen molar-refractivity contribution in [3.8, 4) is 0 Å². The number of hydrogen-bond acceptors (Lipinski definition) is 1. The molecule has 0 unspecified atom stereocenters. The van der Waals surface area contributed by atoms with Crippen LogP contribution in [0.2, 0.25) is 0 Å². The van der Waals surface area contributed by atoms with E-state index in [0.717, 1.165) is 28.5 Å². The summed E-state index contributed by atoms with van der Waals surface area (Å²) in [5.74, 6) is 0. The summed E-state index contributed by atoms with van der Waals surface area (Å²) in [5.41, 5.74) is 1.81. The Bertz CT molecular complexity index is 512. The molecule has 0 saturated heterocycles. The zero-order valence-electron chi connectivity index (χ0n) is 7.88. The molecule has 0 aliphatic heterocycles. The highest BCUT2D eigenvalue weighted by Gasteiger charge is 2.07. The lowest BCUT2D eigenvalue weighted by atomic mass is 10.3. The van der Waals surface area contributed by atoms with Gasteiger partial charge in [-0.15, -0.1) is 0 Å². The fourth-order valence-electron chi connectivity index (χ4n) is 1.61. The van der Waals surface area contributed by atoms with Gasteiger partial charge in [-0.3, -0.25) is 4.57 Å². The van der Waals surface area contributed by atoms with Crippen LogP contribution in [0.5, 0.6) is 0 Å². The highest BCUT2D eigenvalue weighted by molar-refractivity contribution is 9.10. The number of aromatic nitrogens is 2. The molecule has 74 valence electrons. The number of fused-ring (bicyclic) bond motifs is 1. The second-order valence-corrected chi connectivity index (χ2v) is 4.07. The first-order valence-corrected chi connectivity index (χ1v) is 5.40. The fraction of sp³-hybridized carbons (Fsp3) is 0.300. The molecule has 0 fully saturated rings. The minimum atomic E-state index is -0.0336. The number of para-hydroxylation sites is 1. The van der Waals surface area contributed by atoms with E-state index in [1.807, 2.05) is 18.2 Å². The summed E-state index contributed by atoms with van der Waals surface area (Å²) in [4.78, 5) is 14.4. The SMILES string of the molecule is CCCn1c(=O)[nH]c2cccc(Br)c21. The van der Waals surface area contributed by atoms with E-state index in [2.05, 4.69) is 27.8 Å². The van der Waals surface area contributed by atoms with Gasteiger partial charge in [0, 0.05) is 11.0 Å². The van der Waals surface area contributed by atoms with Gasteiger partial charge in [0.05, 0.1) is 11.0 Å². The van der Waals surface area contributed by atoms with E-state index in [1.165, 1.54) is 0 Å². The van der Waals surface area contributed by atoms with Crippen LogP contribution in [-0.4, -0.2) is 9.55 Å². The van der Waals surface area contributed by atoms with E-state index in [9.17, 15) is 4.79 Å². The van der Waals surface area contributed by atoms with Crippen molar-refractivity contribution < 1.29 is 0 Å². The summed E-state index contributed by atoms with van der Waals surface area (Å²) in [6.45, 7) is 2.81. The average Bonchev–Trinajstić information content (AvgIpc) is 2.45. The van der Waals surface area contributed by atoms with Gasteiger partial charge in [-0.25, -0.2) is 4.79 Å². The number of nitrogens with zero attached hydrogens (tertiary/aromatic N) is 1. The lowest BCUT2D eigenvalue weighted by Gasteiger charge is -2.01. The maximum absolute atomic E-state index is 11.6. The summed E-state index contributed by atoms with van der Waals surface area (Å²) in [7, 11) is 0. The predicted molar refractivity (Wildman–Crippen MR) is 60.5 cm³/mol. The van der Waals surface area contributed by atoms with Gasteiger partial charge in [0.2, 0.25) is 0 Å². The van der Waals surface area contributed by atoms with Gasteiger partial charge in [0.15, 0.2) is 0 Å². The molecule has 2 aromatic rings. The first-order valence-electron chi connectivity index (χ1n) is 4.61. The third-order valence-electron chi connectivity index (χ3n) is 2.19. The topological polar surface area (TPSA) is 37.8 Å². The Morgan fingerprint density at radius 3 is 3.00 bits per heavy atom. The van der Waals surface area contributed by atoms with Gasteiger partial charge >= 0.3 is 5.69 Å². The zero-order valence-corrected chi connectivity index (χ0v) is 9.47. The minimum Gasteiger partial charge on any atom is -0.305 e. The molecule has 14 heavy (non-hydrogen) atoms. The first-order chi connectivity index (χ1) is 6.74. The maximum Gasteiger partial charge on any atom is 0.326 e. The Kier molecular flexibility index (Phi) is 2.46. The van der Waals surface area contributed by atoms with Crippen LogP contribution in [-0.2, 0) is 6.54 Å². The van der Waals surface area contributed by atoms with E-state index in [1.54, 1.807) is 4.57 Å². The smallest absolute Gasteiger partial charge is 0.305 e. The second-order valence-electron chi connectivity index (χ2n) is 3.22. The quantitative estimate of drug-likeness (QED) is 0.879. The van der Waals surface area contributed by atoms with Crippen molar-refractivity contribution in [3.63, 3.8) is 0 Å². The highest BCUT2D eigenvalue weighted by atomic mass is 79.9. The third-order valence-corrected chi connectivity index (χ3v) is 2.83. The first kappa shape index (κ1) is 9.52. The zero-order chi connectivity index (χ0) is 10.1. The van der Waals surface area contributed by atoms with E-state index in [-0.39, 0.29) is 5.69 Å². The maximum atomic E-state index is 11.6. The van der Waals surface area contributed by atoms with Gasteiger partial charge in [0.1, 0.15) is 0 Å². The highest BCUT2D eigenvalue weighted by Crippen LogP contribution is 2.21. The van der Waals surface area contributed by atoms with Crippen LogP contribution in [0.15, 0.2) is 27.5 Å². The van der Waals surface area contributed by atoms with E-state index < -0.39 is 0 Å². The van der Waals surface area contributed by atoms with Gasteiger partial charge in [0.25, 0.3) is 0 Å². The number of aromatic amines is 1. The van der Waals surface area contributed by atoms with E-state index >= 15 is 0 Å². The van der Waals surface area contributed by atoms with Gasteiger partial charge in [-0.1, -0.05) is 13.0 Å². The van der Waals surface area contributed by atoms with Crippen LogP contribution >= 0.6 is 15.9 Å². The van der Waals surface area contributed by atoms with Crippen LogP contribution in [0, 0.1) is 0 Å². The van der Waals surface area contributed by atoms with Crippen molar-refractivity contribution >= 4 is 27.0 Å². The molecule has 0 atom stereocenters. The monoisotopic (exact) mass is 254 g/mol. The summed E-state index contributed by atoms with van der Waals surface area (Å²) in [6, 6.07) is 5.77. The average molecular weight is 255 g/mol. The van der Waals surface area contributed by atoms with Crippen LogP contribution in [0.3, 0.4) is 0 Å². The molecule has 0 bridgehead atoms. The second kappa shape index (κ2) is 3.61. The Morgan fingerprint density at radius 1 is 1.50 bits per heavy atom. The van der Waals surface area contributed by atoms with Crippen molar-refractivity contribution in [2.45, 2.75) is 19.9 Å². The molecular weight excluding hydrogens is 244 g/mol. The number of halogens is 1. The number of nitrogens with one attached hydrogen (secondary N) is 1. The molecule has 0 radical (unpaired) electrons. The summed E-state index contributed by atoms with van der Waals surface area (Å²) >= 11 is 3.45. The normalized spacial score (nSPS) is 11.0. The predicted octanol–water partition coefficient (Wildman–Crippen LogP) is 2.50. The van der Waals surface area contributed by atoms with Gasteiger partial charge in [-0.05, 0) is 34.5 Å². The Hall–Kier alpha value is -1.03. The lowest BCUT2D eigenvalue weighted by Crippen LogP contribution is -2.16. The number of imidazole rings is 1. The molecule has 0 spiro atoms. The molecule has 0 aliphatic carbocycles. The molecule has 2 rings (SSSR count). The molecule has 0 amide bonds. The largest absolute Gasteiger partial charge is 0.326 e. The van der Waals surface area contributed by atoms with Gasteiger partial charge in [-0.2, -0.15) is 0 Å². The Labute approximate surface area is 89.9 Å². The van der Waals surface area contributed by atoms with Crippen LogP contribution < -0.4 is 5.69 Å². The number of hydrogen-bond donors (Lipinski definition) is 1. The number of rotatable bonds is 2. The van der Waals surface area contributed by atoms with Crippen molar-refractivity contribution in [2.24, 2.45) is 0 Å². The van der Waals surface area contributed by atoms with Crippen LogP contribution in [0.25, 0.3) is 11.0 Å². The molecule has 3 nitrogen and oxygen atoms in total. The number of aryl methyl sites for hydroxylation is 1. The van der Waals surface area contributed by atoms with Crippen LogP contribution in [0.4, 0.5) is 0 Å². The van der Waals surface area contributed by atoms with Crippen molar-refractivity contribution in [1.82, 2.24) is 9.55 Å². The molecule has 4 heteroatoms. The molecule has 1 N–H and O–H groups in total. The van der Waals surface area contributed by atoms with Crippen molar-refractivity contribution in [3.05, 3.63) is 33.2 Å². The molecule has 0 saturated carbocycles. The van der Waals surface area contributed by atoms with Crippen molar-refractivity contribution in [2.75, 3.05) is 0 Å². The Morgan fingerprint density at radius 2 is 2.29 bits per heavy atom. The lowest BCUT2D eigenvalue weighted by molar-refractivity contribution is 0.674. The number of H-pyrrole nitrogens is 1. The number of benzene rings is 1. The summed E-state index contributed by atoms with van der Waals surface area (Å²) in [6.07, 6.45) is 0.953. The summed E-state index contributed by atoms with van der Waals surface area (Å²) < 4.78 is 2.72. The van der Waals surface area contributed by atoms with Gasteiger partial charge < -0.3 is 4.98 Å². The summed E-state index contributed by atoms with van der Waals surface area (Å²) in [5, 5.41) is 0. The standard InChI is InChI=1S/C10H11BrN2O/c1-2-6-13-9-7(11)4-3-5-8(9)12-10(13)14/h3-5H,2,6H2,1H3,(H,12,14). The molecule has 1 aromatic carbocycles. The van der Waals surface area contributed by atoms with Crippen molar-refractivity contribution in [1.29, 1.82) is 0 Å². The van der Waals surface area contributed by atoms with E-state index in [0.29, 0.717) is 0 Å². The minimum absolute atomic E-state index is 0.0336. The van der Waals surface area contributed by atoms with E-state index in [4.69, 9.17) is 0 Å². The third kappa shape index (κ3) is 1.39. The molecule has 1 heterocycles. The fourth-order valence-corrected chi connectivity index (χ4v) is 2.19. The molecule has 0 aliphatic rings. The van der Waals surface area contributed by atoms with Crippen LogP contribution in [0.1, 0.15) is 13.3 Å². The molecule has 1 aromatic heterocycles. The molecular formula is C10H11BrN2O.